The molecule has 4 heteroatoms. The van der Waals surface area contributed by atoms with Gasteiger partial charge in [0.15, 0.2) is 5.82 Å². The van der Waals surface area contributed by atoms with Crippen molar-refractivity contribution in [3.63, 3.8) is 0 Å². The Hall–Kier alpha value is -7.79. The summed E-state index contributed by atoms with van der Waals surface area (Å²) < 4.78 is 2.41. The lowest BCUT2D eigenvalue weighted by molar-refractivity contribution is 0.769. The summed E-state index contributed by atoms with van der Waals surface area (Å²) in [6.45, 7) is 0. The second-order valence-electron chi connectivity index (χ2n) is 15.9. The number of aromatic nitrogens is 3. The molecule has 0 N–H and O–H groups in total. The van der Waals surface area contributed by atoms with Crippen LogP contribution in [0.1, 0.15) is 22.3 Å². The van der Waals surface area contributed by atoms with Crippen LogP contribution in [0.3, 0.4) is 0 Å². The van der Waals surface area contributed by atoms with Gasteiger partial charge in [0.2, 0.25) is 0 Å². The van der Waals surface area contributed by atoms with Crippen molar-refractivity contribution in [2.75, 3.05) is 0 Å². The Labute approximate surface area is 364 Å². The van der Waals surface area contributed by atoms with E-state index < -0.39 is 5.41 Å². The van der Waals surface area contributed by atoms with Gasteiger partial charge in [-0.15, -0.1) is 11.3 Å². The van der Waals surface area contributed by atoms with Crippen molar-refractivity contribution >= 4 is 31.6 Å². The molecule has 290 valence electrons. The van der Waals surface area contributed by atoms with Gasteiger partial charge < -0.3 is 0 Å². The van der Waals surface area contributed by atoms with Gasteiger partial charge in [0.05, 0.1) is 27.0 Å². The lowest BCUT2D eigenvalue weighted by Gasteiger charge is -2.34. The summed E-state index contributed by atoms with van der Waals surface area (Å²) in [6, 6.07) is 78.6. The predicted octanol–water partition coefficient (Wildman–Crippen LogP) is 14.9. The lowest BCUT2D eigenvalue weighted by Crippen LogP contribution is -2.28. The number of hydrogen-bond donors (Lipinski definition) is 0. The van der Waals surface area contributed by atoms with Crippen molar-refractivity contribution in [1.82, 2.24) is 15.0 Å². The van der Waals surface area contributed by atoms with E-state index in [0.717, 1.165) is 55.8 Å². The summed E-state index contributed by atoms with van der Waals surface area (Å²) in [6.07, 6.45) is 1.95. The van der Waals surface area contributed by atoms with Gasteiger partial charge in [-0.1, -0.05) is 188 Å². The maximum Gasteiger partial charge on any atom is 0.160 e. The molecule has 0 bridgehead atoms. The van der Waals surface area contributed by atoms with Gasteiger partial charge in [-0.2, -0.15) is 0 Å². The number of hydrogen-bond acceptors (Lipinski definition) is 4. The van der Waals surface area contributed by atoms with Crippen molar-refractivity contribution in [2.24, 2.45) is 0 Å². The van der Waals surface area contributed by atoms with Crippen LogP contribution < -0.4 is 0 Å². The number of thiophene rings is 1. The molecular formula is C58H37N3S. The fourth-order valence-corrected chi connectivity index (χ4v) is 10.9. The molecule has 0 amide bonds. The fourth-order valence-electron chi connectivity index (χ4n) is 9.68. The van der Waals surface area contributed by atoms with E-state index in [4.69, 9.17) is 15.0 Å². The number of pyridine rings is 1. The van der Waals surface area contributed by atoms with Crippen LogP contribution in [-0.2, 0) is 5.41 Å². The molecule has 0 radical (unpaired) electrons. The average Bonchev–Trinajstić information content (AvgIpc) is 3.89. The monoisotopic (exact) mass is 807 g/mol. The smallest absolute Gasteiger partial charge is 0.160 e. The summed E-state index contributed by atoms with van der Waals surface area (Å²) in [4.78, 5) is 15.5. The first-order valence-electron chi connectivity index (χ1n) is 21.0. The van der Waals surface area contributed by atoms with Crippen LogP contribution in [0.5, 0.6) is 0 Å². The fraction of sp³-hybridized carbons (Fsp3) is 0.0172. The number of fused-ring (bicyclic) bond motifs is 6. The summed E-state index contributed by atoms with van der Waals surface area (Å²) in [5, 5.41) is 1.18. The van der Waals surface area contributed by atoms with E-state index in [1.54, 1.807) is 11.3 Å². The van der Waals surface area contributed by atoms with Gasteiger partial charge in [0.25, 0.3) is 0 Å². The Balaban J connectivity index is 1.14. The quantitative estimate of drug-likeness (QED) is 0.161. The minimum atomic E-state index is -0.524. The topological polar surface area (TPSA) is 38.7 Å². The zero-order valence-electron chi connectivity index (χ0n) is 33.6. The molecular weight excluding hydrogens is 771 g/mol. The largest absolute Gasteiger partial charge is 0.255 e. The molecule has 0 fully saturated rings. The molecule has 0 spiro atoms. The third kappa shape index (κ3) is 5.76. The second kappa shape index (κ2) is 14.7. The SMILES string of the molecule is c1ccc(-c2cc(-c3cc(-c4ccnc5c4sc4ccccc45)ccc3-c3ccc4c(c3)C(c3ccccc3)(c3ccccc3)c3ccccc3-4)nc(-c3ccccc3)n2)cc1. The highest BCUT2D eigenvalue weighted by Crippen LogP contribution is 2.57. The van der Waals surface area contributed by atoms with Crippen molar-refractivity contribution in [3.8, 4) is 67.3 Å². The zero-order valence-corrected chi connectivity index (χ0v) is 34.4. The van der Waals surface area contributed by atoms with Crippen molar-refractivity contribution in [3.05, 3.63) is 247 Å². The molecule has 62 heavy (non-hydrogen) atoms. The summed E-state index contributed by atoms with van der Waals surface area (Å²) in [5.41, 5.74) is 17.3. The molecule has 0 unspecified atom stereocenters. The van der Waals surface area contributed by atoms with E-state index in [9.17, 15) is 0 Å². The predicted molar refractivity (Wildman–Crippen MR) is 257 cm³/mol. The molecule has 0 saturated carbocycles. The molecule has 11 aromatic rings. The van der Waals surface area contributed by atoms with Crippen LogP contribution in [-0.4, -0.2) is 15.0 Å². The lowest BCUT2D eigenvalue weighted by atomic mass is 9.67. The number of rotatable bonds is 7. The number of nitrogens with zero attached hydrogens (tertiary/aromatic N) is 3. The highest BCUT2D eigenvalue weighted by molar-refractivity contribution is 7.26. The van der Waals surface area contributed by atoms with Crippen LogP contribution in [0.4, 0.5) is 0 Å². The third-order valence-corrected chi connectivity index (χ3v) is 13.7. The minimum absolute atomic E-state index is 0.524. The Kier molecular flexibility index (Phi) is 8.58. The van der Waals surface area contributed by atoms with Gasteiger partial charge in [0.1, 0.15) is 0 Å². The third-order valence-electron chi connectivity index (χ3n) is 12.5. The van der Waals surface area contributed by atoms with Crippen LogP contribution in [0.15, 0.2) is 225 Å². The molecule has 1 aliphatic carbocycles. The maximum atomic E-state index is 5.43. The Bertz CT molecular complexity index is 3350. The number of benzene rings is 8. The summed E-state index contributed by atoms with van der Waals surface area (Å²) >= 11 is 1.80. The standard InChI is InChI=1S/C58H37N3S/c1-5-17-38(18-6-1)52-37-53(61-57(60-52)39-19-7-2-8-20-39)49-35-40(45-33-34-59-55-48-26-14-16-28-54(48)62-56(45)55)29-31-44(49)41-30-32-47-46-25-13-15-27-50(46)58(51(47)36-41,42-21-9-3-10-22-42)43-23-11-4-12-24-43/h1-37H. The molecule has 0 atom stereocenters. The molecule has 3 nitrogen and oxygen atoms in total. The van der Waals surface area contributed by atoms with E-state index in [1.807, 2.05) is 30.5 Å². The van der Waals surface area contributed by atoms with E-state index >= 15 is 0 Å². The van der Waals surface area contributed by atoms with Crippen molar-refractivity contribution < 1.29 is 0 Å². The van der Waals surface area contributed by atoms with Gasteiger partial charge in [-0.3, -0.25) is 4.98 Å². The van der Waals surface area contributed by atoms with Crippen LogP contribution >= 0.6 is 11.3 Å². The zero-order chi connectivity index (χ0) is 41.0. The van der Waals surface area contributed by atoms with E-state index in [2.05, 4.69) is 194 Å². The normalized spacial score (nSPS) is 12.6. The molecule has 12 rings (SSSR count). The molecule has 0 aliphatic heterocycles. The van der Waals surface area contributed by atoms with Gasteiger partial charge >= 0.3 is 0 Å². The highest BCUT2D eigenvalue weighted by atomic mass is 32.1. The van der Waals surface area contributed by atoms with E-state index in [-0.39, 0.29) is 0 Å². The van der Waals surface area contributed by atoms with Gasteiger partial charge in [0, 0.05) is 38.5 Å². The van der Waals surface area contributed by atoms with E-state index in [0.29, 0.717) is 5.82 Å². The van der Waals surface area contributed by atoms with Crippen LogP contribution in [0.25, 0.3) is 87.6 Å². The summed E-state index contributed by atoms with van der Waals surface area (Å²) in [5.74, 6) is 0.686. The Morgan fingerprint density at radius 3 is 1.69 bits per heavy atom. The van der Waals surface area contributed by atoms with Crippen LogP contribution in [0.2, 0.25) is 0 Å². The van der Waals surface area contributed by atoms with E-state index in [1.165, 1.54) is 48.2 Å². The average molecular weight is 808 g/mol. The first-order chi connectivity index (χ1) is 30.7. The molecule has 3 heterocycles. The molecule has 3 aromatic heterocycles. The highest BCUT2D eigenvalue weighted by Gasteiger charge is 2.46. The van der Waals surface area contributed by atoms with Gasteiger partial charge in [-0.25, -0.2) is 9.97 Å². The van der Waals surface area contributed by atoms with Crippen LogP contribution in [0, 0.1) is 0 Å². The molecule has 0 saturated heterocycles. The molecule has 1 aliphatic rings. The summed E-state index contributed by atoms with van der Waals surface area (Å²) in [7, 11) is 0. The first-order valence-corrected chi connectivity index (χ1v) is 21.8. The second-order valence-corrected chi connectivity index (χ2v) is 16.9. The van der Waals surface area contributed by atoms with Crippen molar-refractivity contribution in [2.45, 2.75) is 5.41 Å². The Morgan fingerprint density at radius 1 is 0.371 bits per heavy atom. The van der Waals surface area contributed by atoms with Gasteiger partial charge in [-0.05, 0) is 80.4 Å². The molecule has 8 aromatic carbocycles. The van der Waals surface area contributed by atoms with Crippen molar-refractivity contribution in [1.29, 1.82) is 0 Å². The minimum Gasteiger partial charge on any atom is -0.255 e. The maximum absolute atomic E-state index is 5.43. The first kappa shape index (κ1) is 36.1. The Morgan fingerprint density at radius 2 is 0.952 bits per heavy atom.